The van der Waals surface area contributed by atoms with Crippen molar-refractivity contribution >= 4 is 15.9 Å². The molecule has 0 saturated carbocycles. The van der Waals surface area contributed by atoms with E-state index in [2.05, 4.69) is 30.9 Å². The Morgan fingerprint density at radius 3 is 2.92 bits per heavy atom. The summed E-state index contributed by atoms with van der Waals surface area (Å²) in [6.45, 7) is 3.76. The van der Waals surface area contributed by atoms with Gasteiger partial charge in [0.25, 0.3) is 0 Å². The lowest BCUT2D eigenvalue weighted by Crippen LogP contribution is -1.96. The summed E-state index contributed by atoms with van der Waals surface area (Å²) in [6, 6.07) is 1.74. The summed E-state index contributed by atoms with van der Waals surface area (Å²) in [7, 11) is 0. The zero-order valence-corrected chi connectivity index (χ0v) is 8.98. The van der Waals surface area contributed by atoms with Gasteiger partial charge in [0.15, 0.2) is 0 Å². The van der Waals surface area contributed by atoms with Gasteiger partial charge in [0.2, 0.25) is 0 Å². The highest BCUT2D eigenvalue weighted by Gasteiger charge is 2.07. The first-order chi connectivity index (χ1) is 6.15. The van der Waals surface area contributed by atoms with Gasteiger partial charge in [-0.15, -0.1) is 0 Å². The van der Waals surface area contributed by atoms with Gasteiger partial charge in [-0.1, -0.05) is 12.0 Å². The molecular weight excluding hydrogens is 232 g/mol. The van der Waals surface area contributed by atoms with E-state index >= 15 is 0 Å². The van der Waals surface area contributed by atoms with Gasteiger partial charge in [-0.3, -0.25) is 4.98 Å². The average Bonchev–Trinajstić information content (AvgIpc) is 2.04. The number of pyridine rings is 1. The Bertz CT molecular complexity index is 357. The second kappa shape index (κ2) is 4.25. The first-order valence-electron chi connectivity index (χ1n) is 3.81. The van der Waals surface area contributed by atoms with Gasteiger partial charge < -0.3 is 0 Å². The van der Waals surface area contributed by atoms with Crippen LogP contribution in [0.25, 0.3) is 10.4 Å². The molecule has 0 spiro atoms. The molecule has 0 N–H and O–H groups in total. The lowest BCUT2D eigenvalue weighted by atomic mass is 10.1. The second-order valence-electron chi connectivity index (χ2n) is 2.74. The molecule has 0 aromatic carbocycles. The molecule has 1 aromatic rings. The van der Waals surface area contributed by atoms with Crippen LogP contribution in [0.3, 0.4) is 0 Å². The predicted molar refractivity (Wildman–Crippen MR) is 54.2 cm³/mol. The number of hydrogen-bond donors (Lipinski definition) is 0. The van der Waals surface area contributed by atoms with Gasteiger partial charge in [0, 0.05) is 15.6 Å². The maximum atomic E-state index is 8.26. The molecule has 4 nitrogen and oxygen atoms in total. The fraction of sp³-hybridized carbons (Fsp3) is 0.375. The van der Waals surface area contributed by atoms with Crippen molar-refractivity contribution in [3.63, 3.8) is 0 Å². The summed E-state index contributed by atoms with van der Waals surface area (Å²) >= 11 is 3.32. The van der Waals surface area contributed by atoms with Crippen LogP contribution in [0.1, 0.15) is 24.2 Å². The van der Waals surface area contributed by atoms with Crippen LogP contribution in [0.2, 0.25) is 0 Å². The van der Waals surface area contributed by atoms with E-state index in [1.165, 1.54) is 0 Å². The van der Waals surface area contributed by atoms with Gasteiger partial charge >= 0.3 is 0 Å². The van der Waals surface area contributed by atoms with Crippen molar-refractivity contribution in [2.75, 3.05) is 0 Å². The van der Waals surface area contributed by atoms with Crippen LogP contribution >= 0.6 is 15.9 Å². The number of rotatable bonds is 2. The summed E-state index contributed by atoms with van der Waals surface area (Å²) in [5.74, 6) is 0. The molecule has 1 atom stereocenters. The third-order valence-electron chi connectivity index (χ3n) is 1.71. The van der Waals surface area contributed by atoms with Crippen molar-refractivity contribution in [2.45, 2.75) is 19.9 Å². The number of aromatic nitrogens is 1. The maximum absolute atomic E-state index is 8.26. The van der Waals surface area contributed by atoms with Crippen LogP contribution < -0.4 is 0 Å². The molecule has 0 bridgehead atoms. The number of aryl methyl sites for hydroxylation is 1. The molecular formula is C8H9BrN4. The third kappa shape index (κ3) is 2.44. The fourth-order valence-corrected chi connectivity index (χ4v) is 1.57. The van der Waals surface area contributed by atoms with Gasteiger partial charge in [-0.05, 0) is 40.0 Å². The summed E-state index contributed by atoms with van der Waals surface area (Å²) in [5, 5.41) is 3.59. The van der Waals surface area contributed by atoms with Crippen LogP contribution in [-0.4, -0.2) is 4.98 Å². The third-order valence-corrected chi connectivity index (χ3v) is 2.14. The number of hydrogen-bond acceptors (Lipinski definition) is 2. The molecule has 1 unspecified atom stereocenters. The fourth-order valence-electron chi connectivity index (χ4n) is 1.12. The lowest BCUT2D eigenvalue weighted by Gasteiger charge is -2.07. The van der Waals surface area contributed by atoms with E-state index in [1.807, 2.05) is 19.9 Å². The normalized spacial score (nSPS) is 11.9. The van der Waals surface area contributed by atoms with Crippen molar-refractivity contribution in [1.29, 1.82) is 0 Å². The molecule has 0 aliphatic rings. The molecule has 0 saturated heterocycles. The first kappa shape index (κ1) is 10.0. The van der Waals surface area contributed by atoms with E-state index in [9.17, 15) is 0 Å². The molecule has 1 aromatic heterocycles. The standard InChI is InChI=1S/C8H9BrN4/c1-5-3-7(9)4-11-8(5)6(2)12-13-10/h3-4,6H,1-2H3. The topological polar surface area (TPSA) is 61.7 Å². The Labute approximate surface area is 84.7 Å². The van der Waals surface area contributed by atoms with Crippen LogP contribution in [0.5, 0.6) is 0 Å². The molecule has 5 heteroatoms. The number of nitrogens with zero attached hydrogens (tertiary/aromatic N) is 4. The summed E-state index contributed by atoms with van der Waals surface area (Å²) in [6.07, 6.45) is 1.70. The van der Waals surface area contributed by atoms with E-state index < -0.39 is 0 Å². The Morgan fingerprint density at radius 1 is 1.69 bits per heavy atom. The minimum Gasteiger partial charge on any atom is -0.259 e. The summed E-state index contributed by atoms with van der Waals surface area (Å²) < 4.78 is 0.932. The number of halogens is 1. The van der Waals surface area contributed by atoms with Crippen molar-refractivity contribution in [2.24, 2.45) is 5.11 Å². The highest BCUT2D eigenvalue weighted by atomic mass is 79.9. The summed E-state index contributed by atoms with van der Waals surface area (Å²) in [5.41, 5.74) is 10.1. The van der Waals surface area contributed by atoms with Crippen molar-refractivity contribution in [3.8, 4) is 0 Å². The van der Waals surface area contributed by atoms with Crippen LogP contribution in [0.4, 0.5) is 0 Å². The Kier molecular flexibility index (Phi) is 3.28. The van der Waals surface area contributed by atoms with Crippen LogP contribution in [0, 0.1) is 6.92 Å². The smallest absolute Gasteiger partial charge is 0.0772 e. The minimum atomic E-state index is -0.210. The second-order valence-corrected chi connectivity index (χ2v) is 3.65. The maximum Gasteiger partial charge on any atom is 0.0772 e. The zero-order chi connectivity index (χ0) is 9.84. The van der Waals surface area contributed by atoms with E-state index in [-0.39, 0.29) is 6.04 Å². The lowest BCUT2D eigenvalue weighted by molar-refractivity contribution is 0.763. The highest BCUT2D eigenvalue weighted by molar-refractivity contribution is 9.10. The molecule has 0 radical (unpaired) electrons. The molecule has 13 heavy (non-hydrogen) atoms. The van der Waals surface area contributed by atoms with E-state index in [0.29, 0.717) is 0 Å². The average molecular weight is 241 g/mol. The molecule has 68 valence electrons. The van der Waals surface area contributed by atoms with Crippen molar-refractivity contribution < 1.29 is 0 Å². The van der Waals surface area contributed by atoms with Crippen molar-refractivity contribution in [3.05, 3.63) is 38.4 Å². The van der Waals surface area contributed by atoms with E-state index in [0.717, 1.165) is 15.7 Å². The quantitative estimate of drug-likeness (QED) is 0.443. The largest absolute Gasteiger partial charge is 0.259 e. The predicted octanol–water partition coefficient (Wildman–Crippen LogP) is 3.52. The van der Waals surface area contributed by atoms with E-state index in [1.54, 1.807) is 6.20 Å². The Hall–Kier alpha value is -1.06. The molecule has 0 aliphatic carbocycles. The number of azide groups is 1. The van der Waals surface area contributed by atoms with E-state index in [4.69, 9.17) is 5.53 Å². The van der Waals surface area contributed by atoms with Crippen LogP contribution in [0.15, 0.2) is 21.9 Å². The molecule has 1 heterocycles. The molecule has 0 fully saturated rings. The SMILES string of the molecule is Cc1cc(Br)cnc1C(C)N=[N+]=[N-]. The minimum absolute atomic E-state index is 0.210. The molecule has 0 amide bonds. The highest BCUT2D eigenvalue weighted by Crippen LogP contribution is 2.20. The zero-order valence-electron chi connectivity index (χ0n) is 7.40. The van der Waals surface area contributed by atoms with Crippen molar-refractivity contribution in [1.82, 2.24) is 4.98 Å². The molecule has 1 rings (SSSR count). The van der Waals surface area contributed by atoms with Gasteiger partial charge in [0.1, 0.15) is 0 Å². The van der Waals surface area contributed by atoms with Gasteiger partial charge in [0.05, 0.1) is 11.7 Å². The first-order valence-corrected chi connectivity index (χ1v) is 4.60. The van der Waals surface area contributed by atoms with Crippen LogP contribution in [-0.2, 0) is 0 Å². The Balaban J connectivity index is 3.08. The van der Waals surface area contributed by atoms with Gasteiger partial charge in [-0.25, -0.2) is 0 Å². The molecule has 0 aliphatic heterocycles. The van der Waals surface area contributed by atoms with Gasteiger partial charge in [-0.2, -0.15) is 0 Å². The monoisotopic (exact) mass is 240 g/mol. The summed E-state index contributed by atoms with van der Waals surface area (Å²) in [4.78, 5) is 6.93. The Morgan fingerprint density at radius 2 is 2.38 bits per heavy atom.